The van der Waals surface area contributed by atoms with Crippen LogP contribution in [0.3, 0.4) is 0 Å². The van der Waals surface area contributed by atoms with E-state index in [1.165, 1.54) is 6.26 Å². The zero-order valence-corrected chi connectivity index (χ0v) is 15.5. The van der Waals surface area contributed by atoms with Crippen LogP contribution in [-0.4, -0.2) is 25.0 Å². The van der Waals surface area contributed by atoms with Gasteiger partial charge in [-0.1, -0.05) is 13.8 Å². The maximum absolute atomic E-state index is 13.0. The fourth-order valence-corrected chi connectivity index (χ4v) is 2.87. The predicted octanol–water partition coefficient (Wildman–Crippen LogP) is 3.94. The van der Waals surface area contributed by atoms with Crippen molar-refractivity contribution in [1.29, 1.82) is 0 Å². The minimum absolute atomic E-state index is 0.0134. The van der Waals surface area contributed by atoms with Gasteiger partial charge in [0.05, 0.1) is 17.4 Å². The van der Waals surface area contributed by atoms with Crippen LogP contribution in [0.2, 0.25) is 0 Å². The zero-order chi connectivity index (χ0) is 18.9. The molecule has 0 radical (unpaired) electrons. The van der Waals surface area contributed by atoms with E-state index in [0.717, 1.165) is 0 Å². The quantitative estimate of drug-likeness (QED) is 0.901. The lowest BCUT2D eigenvalue weighted by molar-refractivity contribution is -0.127. The molecule has 1 aliphatic rings. The SMILES string of the molecule is CC(C)CN1C(=O)C(C)(C)COc2ccc(NC(=O)c3ccco3)cc21. The molecule has 0 saturated heterocycles. The van der Waals surface area contributed by atoms with Gasteiger partial charge >= 0.3 is 0 Å². The number of hydrogen-bond donors (Lipinski definition) is 1. The third kappa shape index (κ3) is 3.59. The Morgan fingerprint density at radius 1 is 1.31 bits per heavy atom. The highest BCUT2D eigenvalue weighted by molar-refractivity contribution is 6.04. The van der Waals surface area contributed by atoms with Crippen LogP contribution in [0.4, 0.5) is 11.4 Å². The maximum atomic E-state index is 13.0. The van der Waals surface area contributed by atoms with Gasteiger partial charge in [-0.05, 0) is 50.1 Å². The Kier molecular flexibility index (Phi) is 4.76. The molecule has 0 atom stereocenters. The molecule has 1 aromatic heterocycles. The molecule has 0 bridgehead atoms. The third-order valence-electron chi connectivity index (χ3n) is 4.21. The minimum atomic E-state index is -0.620. The Morgan fingerprint density at radius 2 is 2.08 bits per heavy atom. The maximum Gasteiger partial charge on any atom is 0.291 e. The van der Waals surface area contributed by atoms with Crippen LogP contribution in [-0.2, 0) is 4.79 Å². The summed E-state index contributed by atoms with van der Waals surface area (Å²) in [6.07, 6.45) is 1.45. The molecule has 138 valence electrons. The van der Waals surface area contributed by atoms with Gasteiger partial charge in [0.25, 0.3) is 5.91 Å². The van der Waals surface area contributed by atoms with Crippen LogP contribution >= 0.6 is 0 Å². The number of hydrogen-bond acceptors (Lipinski definition) is 4. The first-order valence-corrected chi connectivity index (χ1v) is 8.71. The highest BCUT2D eigenvalue weighted by Gasteiger charge is 2.38. The normalized spacial score (nSPS) is 16.0. The molecule has 1 N–H and O–H groups in total. The number of rotatable bonds is 4. The van der Waals surface area contributed by atoms with E-state index in [0.29, 0.717) is 36.2 Å². The Morgan fingerprint density at radius 3 is 2.73 bits per heavy atom. The number of nitrogens with zero attached hydrogens (tertiary/aromatic N) is 1. The van der Waals surface area contributed by atoms with Crippen LogP contribution in [0.1, 0.15) is 38.2 Å². The topological polar surface area (TPSA) is 71.8 Å². The summed E-state index contributed by atoms with van der Waals surface area (Å²) in [6.45, 7) is 8.78. The van der Waals surface area contributed by atoms with Crippen LogP contribution < -0.4 is 15.0 Å². The highest BCUT2D eigenvalue weighted by Crippen LogP contribution is 2.38. The van der Waals surface area contributed by atoms with E-state index in [4.69, 9.17) is 9.15 Å². The Labute approximate surface area is 153 Å². The summed E-state index contributed by atoms with van der Waals surface area (Å²) in [5.74, 6) is 0.834. The minimum Gasteiger partial charge on any atom is -0.490 e. The summed E-state index contributed by atoms with van der Waals surface area (Å²) < 4.78 is 11.0. The van der Waals surface area contributed by atoms with Crippen molar-refractivity contribution in [3.8, 4) is 5.75 Å². The molecule has 6 nitrogen and oxygen atoms in total. The molecule has 1 aromatic carbocycles. The van der Waals surface area contributed by atoms with E-state index in [1.54, 1.807) is 35.2 Å². The van der Waals surface area contributed by atoms with E-state index < -0.39 is 5.41 Å². The van der Waals surface area contributed by atoms with Crippen LogP contribution in [0.25, 0.3) is 0 Å². The van der Waals surface area contributed by atoms with Crippen molar-refractivity contribution < 1.29 is 18.7 Å². The molecule has 0 fully saturated rings. The van der Waals surface area contributed by atoms with Crippen molar-refractivity contribution in [2.75, 3.05) is 23.4 Å². The number of anilines is 2. The average molecular weight is 356 g/mol. The molecule has 1 aliphatic heterocycles. The van der Waals surface area contributed by atoms with Gasteiger partial charge in [0, 0.05) is 12.2 Å². The number of carbonyl (C=O) groups excluding carboxylic acids is 2. The number of fused-ring (bicyclic) bond motifs is 1. The summed E-state index contributed by atoms with van der Waals surface area (Å²) in [4.78, 5) is 27.0. The summed E-state index contributed by atoms with van der Waals surface area (Å²) in [5.41, 5.74) is 0.632. The monoisotopic (exact) mass is 356 g/mol. The first kappa shape index (κ1) is 18.0. The van der Waals surface area contributed by atoms with E-state index in [1.807, 2.05) is 13.8 Å². The number of benzene rings is 1. The van der Waals surface area contributed by atoms with Gasteiger partial charge in [0.1, 0.15) is 12.4 Å². The number of ether oxygens (including phenoxy) is 1. The van der Waals surface area contributed by atoms with Crippen molar-refractivity contribution in [3.05, 3.63) is 42.4 Å². The summed E-state index contributed by atoms with van der Waals surface area (Å²) in [7, 11) is 0. The first-order valence-electron chi connectivity index (χ1n) is 8.71. The second-order valence-electron chi connectivity index (χ2n) is 7.60. The molecular weight excluding hydrogens is 332 g/mol. The molecule has 6 heteroatoms. The molecule has 2 aromatic rings. The summed E-state index contributed by atoms with van der Waals surface area (Å²) in [6, 6.07) is 8.58. The summed E-state index contributed by atoms with van der Waals surface area (Å²) in [5, 5.41) is 2.80. The van der Waals surface area contributed by atoms with E-state index in [2.05, 4.69) is 19.2 Å². The first-order chi connectivity index (χ1) is 12.3. The molecule has 2 heterocycles. The Balaban J connectivity index is 1.95. The lowest BCUT2D eigenvalue weighted by Crippen LogP contribution is -2.43. The fourth-order valence-electron chi connectivity index (χ4n) is 2.87. The molecule has 0 unspecified atom stereocenters. The van der Waals surface area contributed by atoms with Gasteiger partial charge < -0.3 is 19.4 Å². The molecule has 3 rings (SSSR count). The van der Waals surface area contributed by atoms with Crippen LogP contribution in [0, 0.1) is 11.3 Å². The molecular formula is C20H24N2O4. The third-order valence-corrected chi connectivity index (χ3v) is 4.21. The van der Waals surface area contributed by atoms with Crippen molar-refractivity contribution >= 4 is 23.2 Å². The van der Waals surface area contributed by atoms with Gasteiger partial charge in [-0.25, -0.2) is 0 Å². The summed E-state index contributed by atoms with van der Waals surface area (Å²) >= 11 is 0. The van der Waals surface area contributed by atoms with Crippen molar-refractivity contribution in [3.63, 3.8) is 0 Å². The molecule has 26 heavy (non-hydrogen) atoms. The van der Waals surface area contributed by atoms with Crippen molar-refractivity contribution in [2.24, 2.45) is 11.3 Å². The van der Waals surface area contributed by atoms with Gasteiger partial charge in [-0.2, -0.15) is 0 Å². The highest BCUT2D eigenvalue weighted by atomic mass is 16.5. The smallest absolute Gasteiger partial charge is 0.291 e. The van der Waals surface area contributed by atoms with Crippen LogP contribution in [0.5, 0.6) is 5.75 Å². The second kappa shape index (κ2) is 6.86. The van der Waals surface area contributed by atoms with Gasteiger partial charge in [-0.3, -0.25) is 9.59 Å². The fraction of sp³-hybridized carbons (Fsp3) is 0.400. The number of nitrogens with one attached hydrogen (secondary N) is 1. The van der Waals surface area contributed by atoms with Crippen LogP contribution in [0.15, 0.2) is 41.0 Å². The largest absolute Gasteiger partial charge is 0.490 e. The van der Waals surface area contributed by atoms with E-state index in [-0.39, 0.29) is 17.6 Å². The second-order valence-corrected chi connectivity index (χ2v) is 7.60. The predicted molar refractivity (Wildman–Crippen MR) is 99.6 cm³/mol. The van der Waals surface area contributed by atoms with Gasteiger partial charge in [-0.15, -0.1) is 0 Å². The van der Waals surface area contributed by atoms with Gasteiger partial charge in [0.2, 0.25) is 5.91 Å². The van der Waals surface area contributed by atoms with Crippen molar-refractivity contribution in [2.45, 2.75) is 27.7 Å². The number of furan rings is 1. The van der Waals surface area contributed by atoms with Gasteiger partial charge in [0.15, 0.2) is 5.76 Å². The molecule has 0 spiro atoms. The lowest BCUT2D eigenvalue weighted by atomic mass is 9.92. The molecule has 2 amide bonds. The number of amides is 2. The standard InChI is InChI=1S/C20H24N2O4/c1-13(2)11-22-15-10-14(21-18(23)17-6-5-9-25-17)7-8-16(15)26-12-20(3,4)19(22)24/h5-10,13H,11-12H2,1-4H3,(H,21,23). The van der Waals surface area contributed by atoms with E-state index in [9.17, 15) is 9.59 Å². The zero-order valence-electron chi connectivity index (χ0n) is 15.5. The van der Waals surface area contributed by atoms with Crippen molar-refractivity contribution in [1.82, 2.24) is 0 Å². The number of carbonyl (C=O) groups is 2. The average Bonchev–Trinajstić information content (AvgIpc) is 3.10. The molecule has 0 aliphatic carbocycles. The van der Waals surface area contributed by atoms with E-state index >= 15 is 0 Å². The Bertz CT molecular complexity index is 809. The Hall–Kier alpha value is -2.76. The lowest BCUT2D eigenvalue weighted by Gasteiger charge is -2.29. The molecule has 0 saturated carbocycles.